The van der Waals surface area contributed by atoms with Crippen LogP contribution in [-0.4, -0.2) is 48.7 Å². The molecule has 1 fully saturated rings. The number of para-hydroxylation sites is 1. The van der Waals surface area contributed by atoms with Gasteiger partial charge in [0.15, 0.2) is 0 Å². The number of hydrogen-bond acceptors (Lipinski definition) is 5. The van der Waals surface area contributed by atoms with E-state index in [-0.39, 0.29) is 0 Å². The van der Waals surface area contributed by atoms with Crippen LogP contribution >= 0.6 is 0 Å². The van der Waals surface area contributed by atoms with E-state index in [9.17, 15) is 0 Å². The highest BCUT2D eigenvalue weighted by atomic mass is 16.5. The summed E-state index contributed by atoms with van der Waals surface area (Å²) in [4.78, 5) is 13.0. The summed E-state index contributed by atoms with van der Waals surface area (Å²) >= 11 is 0. The molecular formula is C16H20N4O. The minimum atomic E-state index is 0.296. The molecule has 1 saturated heterocycles. The van der Waals surface area contributed by atoms with Crippen LogP contribution in [0.3, 0.4) is 0 Å². The van der Waals surface area contributed by atoms with Gasteiger partial charge in [0.25, 0.3) is 0 Å². The molecule has 0 saturated carbocycles. The fraction of sp³-hybridized carbons (Fsp3) is 0.375. The zero-order chi connectivity index (χ0) is 14.7. The number of nitrogens with zero attached hydrogens (tertiary/aromatic N) is 4. The van der Waals surface area contributed by atoms with Crippen LogP contribution in [0.1, 0.15) is 11.6 Å². The zero-order valence-corrected chi connectivity index (χ0v) is 12.4. The van der Waals surface area contributed by atoms with Crippen molar-refractivity contribution < 1.29 is 4.74 Å². The molecule has 0 aliphatic carbocycles. The molecule has 2 aromatic rings. The summed E-state index contributed by atoms with van der Waals surface area (Å²) in [6.45, 7) is 2.86. The van der Waals surface area contributed by atoms with Gasteiger partial charge in [-0.2, -0.15) is 0 Å². The molecule has 1 aromatic carbocycles. The molecule has 1 unspecified atom stereocenters. The highest BCUT2D eigenvalue weighted by Gasteiger charge is 2.28. The molecule has 0 spiro atoms. The highest BCUT2D eigenvalue weighted by molar-refractivity contribution is 5.42. The van der Waals surface area contributed by atoms with Gasteiger partial charge in [-0.1, -0.05) is 18.2 Å². The first-order valence-corrected chi connectivity index (χ1v) is 7.13. The Morgan fingerprint density at radius 2 is 2.05 bits per heavy atom. The molecule has 5 heteroatoms. The lowest BCUT2D eigenvalue weighted by atomic mass is 10.0. The Kier molecular flexibility index (Phi) is 4.01. The molecule has 110 valence electrons. The third kappa shape index (κ3) is 2.83. The van der Waals surface area contributed by atoms with Gasteiger partial charge in [0.05, 0.1) is 13.2 Å². The average molecular weight is 284 g/mol. The number of anilines is 1. The number of methoxy groups -OCH3 is 1. The monoisotopic (exact) mass is 284 g/mol. The molecule has 1 aliphatic heterocycles. The number of rotatable bonds is 3. The summed E-state index contributed by atoms with van der Waals surface area (Å²) in [7, 11) is 3.89. The highest BCUT2D eigenvalue weighted by Crippen LogP contribution is 2.32. The number of benzene rings is 1. The lowest BCUT2D eigenvalue weighted by molar-refractivity contribution is 0.216. The summed E-state index contributed by atoms with van der Waals surface area (Å²) in [5.74, 6) is 1.93. The fourth-order valence-corrected chi connectivity index (χ4v) is 2.83. The standard InChI is InChI=1S/C16H20N4O/c1-19-9-10-20(16-7-8-17-12-18-16)11-14(19)13-5-3-4-6-15(13)21-2/h3-8,12,14H,9-11H2,1-2H3. The van der Waals surface area contributed by atoms with Crippen molar-refractivity contribution in [3.63, 3.8) is 0 Å². The quantitative estimate of drug-likeness (QED) is 0.862. The summed E-state index contributed by atoms with van der Waals surface area (Å²) in [6.07, 6.45) is 3.39. The first-order valence-electron chi connectivity index (χ1n) is 7.13. The van der Waals surface area contributed by atoms with Crippen molar-refractivity contribution in [2.24, 2.45) is 0 Å². The first kappa shape index (κ1) is 13.8. The SMILES string of the molecule is COc1ccccc1C1CN(c2ccncn2)CCN1C. The van der Waals surface area contributed by atoms with Crippen LogP contribution in [0.2, 0.25) is 0 Å². The third-order valence-corrected chi connectivity index (χ3v) is 4.04. The molecule has 0 N–H and O–H groups in total. The zero-order valence-electron chi connectivity index (χ0n) is 12.4. The van der Waals surface area contributed by atoms with Gasteiger partial charge >= 0.3 is 0 Å². The van der Waals surface area contributed by atoms with Crippen LogP contribution < -0.4 is 9.64 Å². The minimum Gasteiger partial charge on any atom is -0.496 e. The summed E-state index contributed by atoms with van der Waals surface area (Å²) < 4.78 is 5.52. The van der Waals surface area contributed by atoms with Crippen molar-refractivity contribution >= 4 is 5.82 Å². The van der Waals surface area contributed by atoms with Crippen LogP contribution in [-0.2, 0) is 0 Å². The van der Waals surface area contributed by atoms with Gasteiger partial charge in [0, 0.05) is 31.4 Å². The van der Waals surface area contributed by atoms with E-state index in [2.05, 4.69) is 38.9 Å². The fourth-order valence-electron chi connectivity index (χ4n) is 2.83. The van der Waals surface area contributed by atoms with E-state index in [1.807, 2.05) is 18.2 Å². The van der Waals surface area contributed by atoms with Gasteiger partial charge in [-0.15, -0.1) is 0 Å². The second-order valence-electron chi connectivity index (χ2n) is 5.25. The van der Waals surface area contributed by atoms with Gasteiger partial charge in [-0.3, -0.25) is 4.90 Å². The second kappa shape index (κ2) is 6.10. The number of ether oxygens (including phenoxy) is 1. The van der Waals surface area contributed by atoms with Crippen LogP contribution in [0.25, 0.3) is 0 Å². The molecule has 21 heavy (non-hydrogen) atoms. The van der Waals surface area contributed by atoms with Crippen LogP contribution in [0, 0.1) is 0 Å². The van der Waals surface area contributed by atoms with Crippen molar-refractivity contribution in [2.75, 3.05) is 38.7 Å². The maximum Gasteiger partial charge on any atom is 0.132 e. The Morgan fingerprint density at radius 1 is 1.19 bits per heavy atom. The van der Waals surface area contributed by atoms with Gasteiger partial charge in [0.2, 0.25) is 0 Å². The normalized spacial score (nSPS) is 19.5. The Morgan fingerprint density at radius 3 is 2.81 bits per heavy atom. The minimum absolute atomic E-state index is 0.296. The Bertz CT molecular complexity index is 590. The van der Waals surface area contributed by atoms with Gasteiger partial charge in [0.1, 0.15) is 17.9 Å². The number of aromatic nitrogens is 2. The van der Waals surface area contributed by atoms with Crippen LogP contribution in [0.5, 0.6) is 5.75 Å². The lowest BCUT2D eigenvalue weighted by Crippen LogP contribution is -2.47. The van der Waals surface area contributed by atoms with E-state index >= 15 is 0 Å². The van der Waals surface area contributed by atoms with Gasteiger partial charge < -0.3 is 9.64 Å². The van der Waals surface area contributed by atoms with Crippen LogP contribution in [0.15, 0.2) is 42.9 Å². The Hall–Kier alpha value is -2.14. The van der Waals surface area contributed by atoms with Crippen molar-refractivity contribution in [2.45, 2.75) is 6.04 Å². The van der Waals surface area contributed by atoms with Crippen molar-refractivity contribution in [3.05, 3.63) is 48.4 Å². The van der Waals surface area contributed by atoms with E-state index < -0.39 is 0 Å². The van der Waals surface area contributed by atoms with Crippen molar-refractivity contribution in [1.29, 1.82) is 0 Å². The molecule has 0 bridgehead atoms. The number of hydrogen-bond donors (Lipinski definition) is 0. The summed E-state index contributed by atoms with van der Waals surface area (Å²) in [5.41, 5.74) is 1.22. The van der Waals surface area contributed by atoms with Gasteiger partial charge in [-0.25, -0.2) is 9.97 Å². The van der Waals surface area contributed by atoms with Crippen LogP contribution in [0.4, 0.5) is 5.82 Å². The van der Waals surface area contributed by atoms with Gasteiger partial charge in [-0.05, 0) is 19.2 Å². The van der Waals surface area contributed by atoms with Crippen molar-refractivity contribution in [3.8, 4) is 5.75 Å². The largest absolute Gasteiger partial charge is 0.496 e. The molecule has 2 heterocycles. The smallest absolute Gasteiger partial charge is 0.132 e. The summed E-state index contributed by atoms with van der Waals surface area (Å²) in [6, 6.07) is 10.5. The first-order chi connectivity index (χ1) is 10.3. The predicted molar refractivity (Wildman–Crippen MR) is 82.6 cm³/mol. The molecule has 0 radical (unpaired) electrons. The number of likely N-dealkylation sites (N-methyl/N-ethyl adjacent to an activating group) is 1. The summed E-state index contributed by atoms with van der Waals surface area (Å²) in [5, 5.41) is 0. The predicted octanol–water partition coefficient (Wildman–Crippen LogP) is 1.98. The maximum absolute atomic E-state index is 5.52. The Balaban J connectivity index is 1.87. The molecular weight excluding hydrogens is 264 g/mol. The molecule has 1 atom stereocenters. The van der Waals surface area contributed by atoms with E-state index in [0.29, 0.717) is 6.04 Å². The molecule has 1 aliphatic rings. The van der Waals surface area contributed by atoms with Crippen molar-refractivity contribution in [1.82, 2.24) is 14.9 Å². The van der Waals surface area contributed by atoms with E-state index in [1.165, 1.54) is 5.56 Å². The van der Waals surface area contributed by atoms with E-state index in [0.717, 1.165) is 31.2 Å². The Labute approximate surface area is 125 Å². The molecule has 1 aromatic heterocycles. The maximum atomic E-state index is 5.52. The van der Waals surface area contributed by atoms with E-state index in [4.69, 9.17) is 4.74 Å². The number of piperazine rings is 1. The molecule has 3 rings (SSSR count). The second-order valence-corrected chi connectivity index (χ2v) is 5.25. The average Bonchev–Trinajstić information content (AvgIpc) is 2.56. The molecule has 5 nitrogen and oxygen atoms in total. The lowest BCUT2D eigenvalue weighted by Gasteiger charge is -2.40. The molecule has 0 amide bonds. The van der Waals surface area contributed by atoms with E-state index in [1.54, 1.807) is 19.6 Å². The third-order valence-electron chi connectivity index (χ3n) is 4.04. The topological polar surface area (TPSA) is 41.5 Å².